The largest absolute Gasteiger partial charge is 0.474 e. The van der Waals surface area contributed by atoms with Gasteiger partial charge in [0.15, 0.2) is 0 Å². The second-order valence-corrected chi connectivity index (χ2v) is 4.13. The summed E-state index contributed by atoms with van der Waals surface area (Å²) in [4.78, 5) is 20.3. The van der Waals surface area contributed by atoms with E-state index >= 15 is 0 Å². The first-order valence-electron chi connectivity index (χ1n) is 3.31. The van der Waals surface area contributed by atoms with Gasteiger partial charge in [0.1, 0.15) is 0 Å². The molecule has 7 nitrogen and oxygen atoms in total. The lowest BCUT2D eigenvalue weighted by atomic mass is 10.6. The number of amides is 1. The molecule has 0 fully saturated rings. The van der Waals surface area contributed by atoms with Gasteiger partial charge >= 0.3 is 11.9 Å². The van der Waals surface area contributed by atoms with Crippen LogP contribution in [0.1, 0.15) is 0 Å². The number of carbonyl (C=O) groups excluding carboxylic acids is 1. The number of nitrogens with one attached hydrogen (secondary N) is 2. The van der Waals surface area contributed by atoms with Crippen molar-refractivity contribution in [1.29, 1.82) is 0 Å². The first-order chi connectivity index (χ1) is 5.89. The molecule has 0 aliphatic carbocycles. The van der Waals surface area contributed by atoms with Gasteiger partial charge in [-0.3, -0.25) is 4.79 Å². The average Bonchev–Trinajstić information content (AvgIpc) is 2.04. The number of hydrogen-bond acceptors (Lipinski definition) is 4. The molecular weight excluding hydrogens is 200 g/mol. The Balaban J connectivity index is 3.82. The van der Waals surface area contributed by atoms with Crippen molar-refractivity contribution in [2.24, 2.45) is 0 Å². The topological polar surface area (TPSA) is 113 Å². The summed E-state index contributed by atoms with van der Waals surface area (Å²) in [6, 6.07) is 0. The van der Waals surface area contributed by atoms with Crippen molar-refractivity contribution in [3.05, 3.63) is 0 Å². The van der Waals surface area contributed by atoms with Crippen LogP contribution in [0.15, 0.2) is 0 Å². The molecule has 0 atom stereocenters. The Morgan fingerprint density at radius 2 is 1.92 bits per heavy atom. The summed E-state index contributed by atoms with van der Waals surface area (Å²) in [6.45, 7) is -0.228. The van der Waals surface area contributed by atoms with Gasteiger partial charge in [0, 0.05) is 6.54 Å². The molecule has 0 bridgehead atoms. The van der Waals surface area contributed by atoms with E-state index in [-0.39, 0.29) is 12.3 Å². The van der Waals surface area contributed by atoms with Gasteiger partial charge in [-0.15, -0.1) is 0 Å². The highest BCUT2D eigenvalue weighted by atomic mass is 32.2. The normalized spacial score (nSPS) is 10.8. The van der Waals surface area contributed by atoms with Crippen LogP contribution in [0.3, 0.4) is 0 Å². The third-order valence-corrected chi connectivity index (χ3v) is 2.53. The minimum atomic E-state index is -3.40. The summed E-state index contributed by atoms with van der Waals surface area (Å²) in [6.07, 6.45) is 0. The molecule has 0 saturated carbocycles. The fourth-order valence-corrected chi connectivity index (χ4v) is 1.05. The van der Waals surface area contributed by atoms with E-state index in [2.05, 4.69) is 0 Å². The number of aliphatic carboxylic acids is 1. The minimum absolute atomic E-state index is 0.228. The van der Waals surface area contributed by atoms with Crippen LogP contribution in [0.2, 0.25) is 0 Å². The van der Waals surface area contributed by atoms with Crippen molar-refractivity contribution in [1.82, 2.24) is 10.0 Å². The first-order valence-corrected chi connectivity index (χ1v) is 4.96. The molecule has 0 aromatic rings. The van der Waals surface area contributed by atoms with Crippen LogP contribution >= 0.6 is 0 Å². The van der Waals surface area contributed by atoms with Crippen LogP contribution in [0.5, 0.6) is 0 Å². The second kappa shape index (κ2) is 4.77. The van der Waals surface area contributed by atoms with Crippen LogP contribution in [0.4, 0.5) is 0 Å². The van der Waals surface area contributed by atoms with Crippen molar-refractivity contribution in [3.8, 4) is 0 Å². The second-order valence-electron chi connectivity index (χ2n) is 2.08. The molecule has 0 aliphatic heterocycles. The van der Waals surface area contributed by atoms with Gasteiger partial charge < -0.3 is 10.4 Å². The van der Waals surface area contributed by atoms with Crippen LogP contribution in [-0.4, -0.2) is 44.7 Å². The minimum Gasteiger partial charge on any atom is -0.474 e. The number of hydrogen-bond donors (Lipinski definition) is 3. The van der Waals surface area contributed by atoms with Gasteiger partial charge in [-0.05, 0) is 7.05 Å². The zero-order chi connectivity index (χ0) is 10.5. The van der Waals surface area contributed by atoms with E-state index in [4.69, 9.17) is 5.11 Å². The Morgan fingerprint density at radius 3 is 2.31 bits per heavy atom. The van der Waals surface area contributed by atoms with Gasteiger partial charge in [0.2, 0.25) is 10.0 Å². The Bertz CT molecular complexity index is 296. The molecule has 0 unspecified atom stereocenters. The number of carboxylic acid groups (broad SMARTS) is 1. The van der Waals surface area contributed by atoms with Crippen molar-refractivity contribution < 1.29 is 23.1 Å². The van der Waals surface area contributed by atoms with Crippen molar-refractivity contribution in [3.63, 3.8) is 0 Å². The highest BCUT2D eigenvalue weighted by Gasteiger charge is 2.12. The van der Waals surface area contributed by atoms with Gasteiger partial charge in [-0.1, -0.05) is 0 Å². The molecule has 0 radical (unpaired) electrons. The number of rotatable bonds is 4. The third-order valence-electron chi connectivity index (χ3n) is 1.16. The van der Waals surface area contributed by atoms with E-state index in [9.17, 15) is 18.0 Å². The van der Waals surface area contributed by atoms with Crippen LogP contribution < -0.4 is 10.0 Å². The quantitative estimate of drug-likeness (QED) is 0.453. The molecular formula is C5H10N2O5S. The van der Waals surface area contributed by atoms with E-state index in [1.165, 1.54) is 7.05 Å². The summed E-state index contributed by atoms with van der Waals surface area (Å²) in [5.74, 6) is -3.20. The van der Waals surface area contributed by atoms with Gasteiger partial charge in [0.25, 0.3) is 0 Å². The summed E-state index contributed by atoms with van der Waals surface area (Å²) in [7, 11) is -2.17. The van der Waals surface area contributed by atoms with Gasteiger partial charge in [-0.2, -0.15) is 0 Å². The molecule has 0 rings (SSSR count). The fraction of sp³-hybridized carbons (Fsp3) is 0.600. The third kappa shape index (κ3) is 5.15. The Labute approximate surface area is 75.2 Å². The molecule has 13 heavy (non-hydrogen) atoms. The number of sulfonamides is 1. The van der Waals surface area contributed by atoms with Crippen LogP contribution in [0, 0.1) is 0 Å². The van der Waals surface area contributed by atoms with Gasteiger partial charge in [-0.25, -0.2) is 17.9 Å². The zero-order valence-electron chi connectivity index (χ0n) is 6.90. The van der Waals surface area contributed by atoms with E-state index in [1.807, 2.05) is 10.0 Å². The molecule has 0 aromatic heterocycles. The monoisotopic (exact) mass is 210 g/mol. The predicted octanol–water partition coefficient (Wildman–Crippen LogP) is -2.26. The Hall–Kier alpha value is -1.15. The lowest BCUT2D eigenvalue weighted by molar-refractivity contribution is -0.150. The van der Waals surface area contributed by atoms with Crippen molar-refractivity contribution >= 4 is 21.9 Å². The average molecular weight is 210 g/mol. The van der Waals surface area contributed by atoms with Gasteiger partial charge in [0.05, 0.1) is 5.75 Å². The van der Waals surface area contributed by atoms with E-state index in [0.29, 0.717) is 0 Å². The summed E-state index contributed by atoms with van der Waals surface area (Å²) < 4.78 is 23.5. The molecule has 0 saturated heterocycles. The highest BCUT2D eigenvalue weighted by Crippen LogP contribution is 1.79. The van der Waals surface area contributed by atoms with Crippen molar-refractivity contribution in [2.75, 3.05) is 19.3 Å². The molecule has 76 valence electrons. The molecule has 8 heteroatoms. The highest BCUT2D eigenvalue weighted by molar-refractivity contribution is 7.89. The Kier molecular flexibility index (Phi) is 4.35. The van der Waals surface area contributed by atoms with E-state index < -0.39 is 21.9 Å². The van der Waals surface area contributed by atoms with Crippen LogP contribution in [0.25, 0.3) is 0 Å². The number of carboxylic acids is 1. The smallest absolute Gasteiger partial charge is 0.394 e. The zero-order valence-corrected chi connectivity index (χ0v) is 7.72. The lowest BCUT2D eigenvalue weighted by Gasteiger charge is -2.02. The van der Waals surface area contributed by atoms with E-state index in [0.717, 1.165) is 0 Å². The molecule has 0 heterocycles. The lowest BCUT2D eigenvalue weighted by Crippen LogP contribution is -2.36. The standard InChI is InChI=1S/C5H10N2O5S/c1-6-13(11,12)3-2-7-4(8)5(9)10/h6H,2-3H2,1H3,(H,7,8)(H,9,10). The summed E-state index contributed by atoms with van der Waals surface area (Å²) in [5, 5.41) is 10.0. The maximum absolute atomic E-state index is 10.7. The summed E-state index contributed by atoms with van der Waals surface area (Å²) in [5.41, 5.74) is 0. The number of carbonyl (C=O) groups is 2. The molecule has 3 N–H and O–H groups in total. The summed E-state index contributed by atoms with van der Waals surface area (Å²) >= 11 is 0. The van der Waals surface area contributed by atoms with Crippen LogP contribution in [-0.2, 0) is 19.6 Å². The van der Waals surface area contributed by atoms with E-state index in [1.54, 1.807) is 0 Å². The maximum Gasteiger partial charge on any atom is 0.394 e. The SMILES string of the molecule is CNS(=O)(=O)CCNC(=O)C(=O)O. The predicted molar refractivity (Wildman–Crippen MR) is 43.5 cm³/mol. The molecule has 1 amide bonds. The molecule has 0 spiro atoms. The molecule has 0 aliphatic rings. The first kappa shape index (κ1) is 11.8. The molecule has 0 aromatic carbocycles. The van der Waals surface area contributed by atoms with Crippen molar-refractivity contribution in [2.45, 2.75) is 0 Å². The fourth-order valence-electron chi connectivity index (χ4n) is 0.477. The Morgan fingerprint density at radius 1 is 1.38 bits per heavy atom. The maximum atomic E-state index is 10.7.